The maximum Gasteiger partial charge on any atom is 0.254 e. The van der Waals surface area contributed by atoms with Crippen molar-refractivity contribution in [2.75, 3.05) is 19.6 Å². The van der Waals surface area contributed by atoms with Crippen LogP contribution in [-0.2, 0) is 13.0 Å². The van der Waals surface area contributed by atoms with E-state index in [-0.39, 0.29) is 11.9 Å². The predicted octanol–water partition coefficient (Wildman–Crippen LogP) is 3.60. The van der Waals surface area contributed by atoms with Gasteiger partial charge in [0.25, 0.3) is 5.91 Å². The van der Waals surface area contributed by atoms with E-state index >= 15 is 0 Å². The molecule has 1 saturated heterocycles. The van der Waals surface area contributed by atoms with Crippen molar-refractivity contribution in [2.45, 2.75) is 25.1 Å². The highest BCUT2D eigenvalue weighted by atomic mass is 16.3. The molecule has 4 nitrogen and oxygen atoms in total. The first kappa shape index (κ1) is 19.0. The first-order valence-corrected chi connectivity index (χ1v) is 10.6. The lowest BCUT2D eigenvalue weighted by atomic mass is 9.98. The lowest BCUT2D eigenvalue weighted by Gasteiger charge is -2.34. The van der Waals surface area contributed by atoms with Crippen LogP contribution in [0.1, 0.15) is 21.5 Å². The second kappa shape index (κ2) is 8.05. The molecular formula is C26H26N2O2. The molecule has 3 aromatic rings. The third-order valence-electron chi connectivity index (χ3n) is 6.42. The normalized spacial score (nSPS) is 21.4. The van der Waals surface area contributed by atoms with Gasteiger partial charge in [0.05, 0.1) is 12.1 Å². The van der Waals surface area contributed by atoms with E-state index in [1.807, 2.05) is 59.5 Å². The van der Waals surface area contributed by atoms with Gasteiger partial charge < -0.3 is 10.0 Å². The van der Waals surface area contributed by atoms with Crippen LogP contribution >= 0.6 is 0 Å². The zero-order valence-corrected chi connectivity index (χ0v) is 16.9. The van der Waals surface area contributed by atoms with Crippen LogP contribution in [0.15, 0.2) is 78.9 Å². The smallest absolute Gasteiger partial charge is 0.254 e. The third kappa shape index (κ3) is 3.53. The van der Waals surface area contributed by atoms with Gasteiger partial charge in [-0.1, -0.05) is 72.8 Å². The summed E-state index contributed by atoms with van der Waals surface area (Å²) in [6.07, 6.45) is 0.465. The Morgan fingerprint density at radius 1 is 0.833 bits per heavy atom. The molecule has 152 valence electrons. The molecule has 0 unspecified atom stereocenters. The van der Waals surface area contributed by atoms with Crippen molar-refractivity contribution >= 4 is 5.91 Å². The molecule has 4 heteroatoms. The zero-order valence-electron chi connectivity index (χ0n) is 16.9. The van der Waals surface area contributed by atoms with Gasteiger partial charge in [0.2, 0.25) is 0 Å². The summed E-state index contributed by atoms with van der Waals surface area (Å²) in [5.41, 5.74) is 5.39. The van der Waals surface area contributed by atoms with Crippen LogP contribution < -0.4 is 0 Å². The second-order valence-corrected chi connectivity index (χ2v) is 8.25. The largest absolute Gasteiger partial charge is 0.390 e. The van der Waals surface area contributed by atoms with E-state index in [2.05, 4.69) is 29.2 Å². The summed E-state index contributed by atoms with van der Waals surface area (Å²) < 4.78 is 0. The summed E-state index contributed by atoms with van der Waals surface area (Å²) in [4.78, 5) is 17.6. The van der Waals surface area contributed by atoms with Gasteiger partial charge in [-0.3, -0.25) is 9.69 Å². The zero-order chi connectivity index (χ0) is 20.5. The SMILES string of the molecule is O=C(c1ccccc1-c1ccccc1)N1C[C@H](O)[C@@H](N2CCc3ccccc3C2)C1. The second-order valence-electron chi connectivity index (χ2n) is 8.25. The van der Waals surface area contributed by atoms with Gasteiger partial charge in [-0.15, -0.1) is 0 Å². The Bertz CT molecular complexity index is 1050. The Kier molecular flexibility index (Phi) is 5.11. The fourth-order valence-electron chi connectivity index (χ4n) is 4.80. The Hall–Kier alpha value is -2.95. The number of carbonyl (C=O) groups is 1. The van der Waals surface area contributed by atoms with Crippen LogP contribution in [-0.4, -0.2) is 52.6 Å². The number of hydrogen-bond donors (Lipinski definition) is 1. The van der Waals surface area contributed by atoms with E-state index in [0.717, 1.165) is 30.6 Å². The number of fused-ring (bicyclic) bond motifs is 1. The van der Waals surface area contributed by atoms with Crippen LogP contribution in [0.2, 0.25) is 0 Å². The molecule has 5 rings (SSSR count). The fraction of sp³-hybridized carbons (Fsp3) is 0.269. The Morgan fingerprint density at radius 3 is 2.37 bits per heavy atom. The predicted molar refractivity (Wildman–Crippen MR) is 118 cm³/mol. The van der Waals surface area contributed by atoms with Gasteiger partial charge in [0.1, 0.15) is 0 Å². The molecule has 2 atom stereocenters. The number of benzene rings is 3. The molecule has 1 fully saturated rings. The highest BCUT2D eigenvalue weighted by Crippen LogP contribution is 2.28. The number of rotatable bonds is 3. The molecule has 3 aromatic carbocycles. The number of aliphatic hydroxyl groups is 1. The summed E-state index contributed by atoms with van der Waals surface area (Å²) in [6, 6.07) is 26.3. The van der Waals surface area contributed by atoms with Crippen molar-refractivity contribution in [3.63, 3.8) is 0 Å². The molecule has 0 aliphatic carbocycles. The lowest BCUT2D eigenvalue weighted by Crippen LogP contribution is -2.45. The van der Waals surface area contributed by atoms with Crippen LogP contribution in [0.5, 0.6) is 0 Å². The molecule has 2 aliphatic rings. The standard InChI is InChI=1S/C26H26N2O2/c29-25-18-28(17-24(25)27-15-14-19-8-4-5-11-21(19)16-27)26(30)23-13-7-6-12-22(23)20-9-2-1-3-10-20/h1-13,24-25,29H,14-18H2/t24-,25-/m0/s1. The summed E-state index contributed by atoms with van der Waals surface area (Å²) in [6.45, 7) is 2.69. The van der Waals surface area contributed by atoms with Crippen molar-refractivity contribution in [1.82, 2.24) is 9.80 Å². The number of amides is 1. The molecule has 1 amide bonds. The van der Waals surface area contributed by atoms with Crippen LogP contribution in [0, 0.1) is 0 Å². The maximum atomic E-state index is 13.4. The minimum Gasteiger partial charge on any atom is -0.390 e. The topological polar surface area (TPSA) is 43.8 Å². The van der Waals surface area contributed by atoms with Crippen molar-refractivity contribution in [3.8, 4) is 11.1 Å². The number of nitrogens with zero attached hydrogens (tertiary/aromatic N) is 2. The highest BCUT2D eigenvalue weighted by molar-refractivity contribution is 6.01. The van der Waals surface area contributed by atoms with E-state index in [9.17, 15) is 9.90 Å². The first-order chi connectivity index (χ1) is 14.7. The van der Waals surface area contributed by atoms with Crippen molar-refractivity contribution in [3.05, 3.63) is 95.6 Å². The maximum absolute atomic E-state index is 13.4. The number of likely N-dealkylation sites (tertiary alicyclic amines) is 1. The van der Waals surface area contributed by atoms with Crippen LogP contribution in [0.3, 0.4) is 0 Å². The molecule has 30 heavy (non-hydrogen) atoms. The molecule has 0 bridgehead atoms. The summed E-state index contributed by atoms with van der Waals surface area (Å²) in [7, 11) is 0. The van der Waals surface area contributed by atoms with Gasteiger partial charge in [0, 0.05) is 31.7 Å². The molecule has 0 aromatic heterocycles. The van der Waals surface area contributed by atoms with E-state index in [1.165, 1.54) is 11.1 Å². The Labute approximate surface area is 177 Å². The minimum atomic E-state index is -0.525. The van der Waals surface area contributed by atoms with E-state index < -0.39 is 6.10 Å². The molecule has 0 saturated carbocycles. The summed E-state index contributed by atoms with van der Waals surface area (Å²) in [5.74, 6) is -0.00610. The molecule has 1 N–H and O–H groups in total. The monoisotopic (exact) mass is 398 g/mol. The average molecular weight is 399 g/mol. The van der Waals surface area contributed by atoms with Crippen molar-refractivity contribution in [1.29, 1.82) is 0 Å². The minimum absolute atomic E-state index is 0.00610. The van der Waals surface area contributed by atoms with Gasteiger partial charge in [-0.2, -0.15) is 0 Å². The molecule has 2 heterocycles. The first-order valence-electron chi connectivity index (χ1n) is 10.6. The number of carbonyl (C=O) groups excluding carboxylic acids is 1. The molecule has 0 radical (unpaired) electrons. The van der Waals surface area contributed by atoms with Gasteiger partial charge >= 0.3 is 0 Å². The van der Waals surface area contributed by atoms with Gasteiger partial charge in [-0.05, 0) is 34.7 Å². The summed E-state index contributed by atoms with van der Waals surface area (Å²) in [5, 5.41) is 10.8. The Balaban J connectivity index is 1.36. The highest BCUT2D eigenvalue weighted by Gasteiger charge is 2.39. The lowest BCUT2D eigenvalue weighted by molar-refractivity contribution is 0.0735. The molecule has 2 aliphatic heterocycles. The molecule has 0 spiro atoms. The van der Waals surface area contributed by atoms with Crippen molar-refractivity contribution in [2.24, 2.45) is 0 Å². The Morgan fingerprint density at radius 2 is 1.53 bits per heavy atom. The van der Waals surface area contributed by atoms with E-state index in [1.54, 1.807) is 0 Å². The van der Waals surface area contributed by atoms with Crippen LogP contribution in [0.4, 0.5) is 0 Å². The van der Waals surface area contributed by atoms with E-state index in [0.29, 0.717) is 18.7 Å². The number of aliphatic hydroxyl groups excluding tert-OH is 1. The van der Waals surface area contributed by atoms with Gasteiger partial charge in [0.15, 0.2) is 0 Å². The third-order valence-corrected chi connectivity index (χ3v) is 6.42. The van der Waals surface area contributed by atoms with Crippen LogP contribution in [0.25, 0.3) is 11.1 Å². The molecular weight excluding hydrogens is 372 g/mol. The van der Waals surface area contributed by atoms with Gasteiger partial charge in [-0.25, -0.2) is 0 Å². The average Bonchev–Trinajstić information content (AvgIpc) is 3.20. The summed E-state index contributed by atoms with van der Waals surface area (Å²) >= 11 is 0. The number of β-amino-alcohol motifs (C(OH)–C–C–N with tert-alkyl or cyclic N) is 1. The number of hydrogen-bond acceptors (Lipinski definition) is 3. The quantitative estimate of drug-likeness (QED) is 0.733. The van der Waals surface area contributed by atoms with E-state index in [4.69, 9.17) is 0 Å². The van der Waals surface area contributed by atoms with Crippen molar-refractivity contribution < 1.29 is 9.90 Å². The fourth-order valence-corrected chi connectivity index (χ4v) is 4.80.